The topological polar surface area (TPSA) is 0 Å². The van der Waals surface area contributed by atoms with Gasteiger partial charge in [0.2, 0.25) is 0 Å². The Morgan fingerprint density at radius 2 is 1.87 bits per heavy atom. The van der Waals surface area contributed by atoms with Crippen molar-refractivity contribution in [1.82, 2.24) is 0 Å². The molecule has 2 radical (unpaired) electrons. The normalized spacial score (nSPS) is 11.6. The van der Waals surface area contributed by atoms with E-state index in [-0.39, 0.29) is 21.1 Å². The van der Waals surface area contributed by atoms with Gasteiger partial charge < -0.3 is 0 Å². The fourth-order valence-corrected chi connectivity index (χ4v) is 5.05. The molecule has 0 nitrogen and oxygen atoms in total. The van der Waals surface area contributed by atoms with Crippen LogP contribution < -0.4 is 0 Å². The third-order valence-corrected chi connectivity index (χ3v) is 5.82. The minimum atomic E-state index is -0.0290. The zero-order chi connectivity index (χ0) is 11.5. The summed E-state index contributed by atoms with van der Waals surface area (Å²) in [6.45, 7) is 8.94. The van der Waals surface area contributed by atoms with Gasteiger partial charge in [-0.25, -0.2) is 0 Å². The maximum atomic E-state index is 2.50. The number of hydrogen-bond donors (Lipinski definition) is 0. The Hall–Kier alpha value is 0.279. The van der Waals surface area contributed by atoms with Crippen LogP contribution in [-0.4, -0.2) is 21.1 Å². The molecule has 0 amide bonds. The van der Waals surface area contributed by atoms with Gasteiger partial charge >= 0.3 is 107 Å². The molecule has 1 heteroatoms. The first-order valence-corrected chi connectivity index (χ1v) is 10.2. The molecule has 0 aliphatic heterocycles. The molecule has 0 bridgehead atoms. The van der Waals surface area contributed by atoms with Gasteiger partial charge in [0.15, 0.2) is 0 Å². The molecule has 0 aliphatic rings. The molecule has 86 valence electrons. The van der Waals surface area contributed by atoms with Gasteiger partial charge in [-0.2, -0.15) is 0 Å². The number of allylic oxidation sites excluding steroid dienone is 4. The van der Waals surface area contributed by atoms with Gasteiger partial charge in [0, 0.05) is 0 Å². The maximum absolute atomic E-state index is 2.50. The van der Waals surface area contributed by atoms with Gasteiger partial charge in [0.1, 0.15) is 0 Å². The summed E-state index contributed by atoms with van der Waals surface area (Å²) >= 11 is -0.0290. The SMILES string of the molecule is CCC[CH2][Sn][CH2]/C=C(\C)CCC=C(C)C. The average Bonchev–Trinajstić information content (AvgIpc) is 2.17. The van der Waals surface area contributed by atoms with E-state index in [2.05, 4.69) is 39.8 Å². The number of unbranched alkanes of at least 4 members (excludes halogenated alkanes) is 1. The van der Waals surface area contributed by atoms with E-state index in [0.29, 0.717) is 0 Å². The molecular weight excluding hydrogens is 287 g/mol. The van der Waals surface area contributed by atoms with Crippen molar-refractivity contribution in [1.29, 1.82) is 0 Å². The van der Waals surface area contributed by atoms with Crippen molar-refractivity contribution in [3.05, 3.63) is 23.3 Å². The molecule has 0 heterocycles. The van der Waals surface area contributed by atoms with Gasteiger partial charge in [0.05, 0.1) is 0 Å². The number of rotatable bonds is 8. The van der Waals surface area contributed by atoms with Crippen LogP contribution >= 0.6 is 0 Å². The fraction of sp³-hybridized carbons (Fsp3) is 0.714. The second-order valence-electron chi connectivity index (χ2n) is 4.43. The van der Waals surface area contributed by atoms with Crippen LogP contribution in [0.5, 0.6) is 0 Å². The Kier molecular flexibility index (Phi) is 11.0. The molecule has 0 aromatic rings. The summed E-state index contributed by atoms with van der Waals surface area (Å²) in [4.78, 5) is 0. The minimum absolute atomic E-state index is 0.0290. The molecule has 0 aromatic heterocycles. The molecule has 0 fully saturated rings. The number of hydrogen-bond acceptors (Lipinski definition) is 0. The molecular formula is C14H26Sn. The van der Waals surface area contributed by atoms with Crippen molar-refractivity contribution in [2.75, 3.05) is 0 Å². The second kappa shape index (κ2) is 10.8. The van der Waals surface area contributed by atoms with E-state index in [4.69, 9.17) is 0 Å². The van der Waals surface area contributed by atoms with E-state index >= 15 is 0 Å². The molecule has 0 aromatic carbocycles. The van der Waals surface area contributed by atoms with Gasteiger partial charge in [-0.05, 0) is 0 Å². The van der Waals surface area contributed by atoms with Crippen LogP contribution in [0, 0.1) is 0 Å². The summed E-state index contributed by atoms with van der Waals surface area (Å²) in [5.41, 5.74) is 3.05. The average molecular weight is 313 g/mol. The molecule has 0 rings (SSSR count). The van der Waals surface area contributed by atoms with Crippen LogP contribution in [0.25, 0.3) is 0 Å². The summed E-state index contributed by atoms with van der Waals surface area (Å²) in [6.07, 6.45) is 10.2. The van der Waals surface area contributed by atoms with Crippen LogP contribution in [0.1, 0.15) is 53.4 Å². The van der Waals surface area contributed by atoms with Crippen LogP contribution in [-0.2, 0) is 0 Å². The first-order chi connectivity index (χ1) is 7.16. The predicted octanol–water partition coefficient (Wildman–Crippen LogP) is 5.02. The predicted molar refractivity (Wildman–Crippen MR) is 72.7 cm³/mol. The Balaban J connectivity index is 3.48. The van der Waals surface area contributed by atoms with Crippen LogP contribution in [0.2, 0.25) is 8.87 Å². The van der Waals surface area contributed by atoms with Crippen molar-refractivity contribution >= 4 is 21.1 Å². The van der Waals surface area contributed by atoms with Gasteiger partial charge in [-0.3, -0.25) is 0 Å². The van der Waals surface area contributed by atoms with Crippen molar-refractivity contribution in [2.24, 2.45) is 0 Å². The van der Waals surface area contributed by atoms with E-state index in [9.17, 15) is 0 Å². The monoisotopic (exact) mass is 314 g/mol. The quantitative estimate of drug-likeness (QED) is 0.335. The first kappa shape index (κ1) is 15.3. The summed E-state index contributed by atoms with van der Waals surface area (Å²) in [6, 6.07) is 0. The third kappa shape index (κ3) is 12.2. The van der Waals surface area contributed by atoms with Gasteiger partial charge in [-0.1, -0.05) is 0 Å². The van der Waals surface area contributed by atoms with Gasteiger partial charge in [0.25, 0.3) is 0 Å². The Bertz CT molecular complexity index is 197. The summed E-state index contributed by atoms with van der Waals surface area (Å²) in [7, 11) is 0. The molecule has 15 heavy (non-hydrogen) atoms. The van der Waals surface area contributed by atoms with E-state index in [0.717, 1.165) is 0 Å². The van der Waals surface area contributed by atoms with E-state index in [1.165, 1.54) is 35.7 Å². The molecule has 0 unspecified atom stereocenters. The fourth-order valence-electron chi connectivity index (χ4n) is 1.34. The van der Waals surface area contributed by atoms with Crippen molar-refractivity contribution in [3.8, 4) is 0 Å². The van der Waals surface area contributed by atoms with Crippen molar-refractivity contribution in [3.63, 3.8) is 0 Å². The molecule has 0 saturated carbocycles. The molecule has 0 N–H and O–H groups in total. The zero-order valence-corrected chi connectivity index (χ0v) is 13.8. The van der Waals surface area contributed by atoms with Crippen LogP contribution in [0.3, 0.4) is 0 Å². The van der Waals surface area contributed by atoms with Crippen molar-refractivity contribution < 1.29 is 0 Å². The van der Waals surface area contributed by atoms with E-state index in [1.54, 1.807) is 10.0 Å². The molecule has 0 aliphatic carbocycles. The van der Waals surface area contributed by atoms with E-state index < -0.39 is 0 Å². The van der Waals surface area contributed by atoms with Gasteiger partial charge in [-0.15, -0.1) is 0 Å². The molecule has 0 saturated heterocycles. The third-order valence-electron chi connectivity index (χ3n) is 2.39. The van der Waals surface area contributed by atoms with Crippen molar-refractivity contribution in [2.45, 2.75) is 62.3 Å². The molecule has 0 spiro atoms. The summed E-state index contributed by atoms with van der Waals surface area (Å²) < 4.78 is 3.02. The zero-order valence-electron chi connectivity index (χ0n) is 10.9. The summed E-state index contributed by atoms with van der Waals surface area (Å²) in [5.74, 6) is 0. The Labute approximate surface area is 106 Å². The Morgan fingerprint density at radius 3 is 2.47 bits per heavy atom. The van der Waals surface area contributed by atoms with Crippen LogP contribution in [0.4, 0.5) is 0 Å². The van der Waals surface area contributed by atoms with Crippen LogP contribution in [0.15, 0.2) is 23.3 Å². The Morgan fingerprint density at radius 1 is 1.13 bits per heavy atom. The summed E-state index contributed by atoms with van der Waals surface area (Å²) in [5, 5.41) is 0. The second-order valence-corrected chi connectivity index (χ2v) is 8.45. The standard InChI is InChI=1S/C10H17.C4H9.Sn/c1-5-10(4)8-6-7-9(2)3;1-3-4-2;/h5,7H,1,6,8H2,2-4H3;1,3-4H2,2H3;/b10-5+;;. The molecule has 0 atom stereocenters. The first-order valence-electron chi connectivity index (χ1n) is 6.16. The van der Waals surface area contributed by atoms with E-state index in [1.807, 2.05) is 0 Å².